The van der Waals surface area contributed by atoms with E-state index in [0.717, 1.165) is 17.9 Å². The number of fused-ring (bicyclic) bond motifs is 2. The van der Waals surface area contributed by atoms with Crippen molar-refractivity contribution in [3.8, 4) is 0 Å². The number of carbonyl (C=O) groups is 1. The van der Waals surface area contributed by atoms with Crippen LogP contribution in [-0.4, -0.2) is 20.4 Å². The number of sulfonamides is 1. The van der Waals surface area contributed by atoms with Crippen molar-refractivity contribution in [2.75, 3.05) is 5.32 Å². The van der Waals surface area contributed by atoms with Crippen LogP contribution < -0.4 is 10.0 Å². The van der Waals surface area contributed by atoms with Crippen molar-refractivity contribution in [2.45, 2.75) is 43.5 Å². The first-order valence-corrected chi connectivity index (χ1v) is 12.1. The number of nitrogens with one attached hydrogen (secondary N) is 2. The molecule has 0 aliphatic heterocycles. The first-order valence-electron chi connectivity index (χ1n) is 10.6. The van der Waals surface area contributed by atoms with E-state index in [1.807, 2.05) is 37.3 Å². The van der Waals surface area contributed by atoms with E-state index >= 15 is 0 Å². The molecule has 0 unspecified atom stereocenters. The van der Waals surface area contributed by atoms with Gasteiger partial charge in [0.1, 0.15) is 0 Å². The lowest BCUT2D eigenvalue weighted by molar-refractivity contribution is -0.111. The molecule has 2 aliphatic rings. The van der Waals surface area contributed by atoms with Gasteiger partial charge in [-0.2, -0.15) is 0 Å². The molecule has 2 saturated carbocycles. The van der Waals surface area contributed by atoms with E-state index in [2.05, 4.69) is 10.0 Å². The Bertz CT molecular complexity index is 1020. The maximum atomic E-state index is 12.8. The number of amides is 1. The molecule has 2 N–H and O–H groups in total. The lowest BCUT2D eigenvalue weighted by Crippen LogP contribution is -2.40. The van der Waals surface area contributed by atoms with E-state index in [4.69, 9.17) is 0 Å². The van der Waals surface area contributed by atoms with E-state index in [0.29, 0.717) is 17.5 Å². The van der Waals surface area contributed by atoms with Crippen molar-refractivity contribution in [3.05, 3.63) is 66.2 Å². The molecule has 2 aliphatic carbocycles. The van der Waals surface area contributed by atoms with Crippen LogP contribution in [0.5, 0.6) is 0 Å². The van der Waals surface area contributed by atoms with Crippen molar-refractivity contribution < 1.29 is 13.2 Å². The minimum Gasteiger partial charge on any atom is -0.323 e. The number of rotatable bonds is 7. The molecule has 4 atom stereocenters. The van der Waals surface area contributed by atoms with E-state index in [-0.39, 0.29) is 16.8 Å². The number of anilines is 1. The molecule has 4 rings (SSSR count). The molecular weight excluding hydrogens is 396 g/mol. The quantitative estimate of drug-likeness (QED) is 0.645. The lowest BCUT2D eigenvalue weighted by Gasteiger charge is -2.28. The fourth-order valence-electron chi connectivity index (χ4n) is 4.94. The monoisotopic (exact) mass is 424 g/mol. The van der Waals surface area contributed by atoms with E-state index in [9.17, 15) is 13.2 Å². The first kappa shape index (κ1) is 20.8. The second-order valence-electron chi connectivity index (χ2n) is 8.51. The Balaban J connectivity index is 1.35. The minimum absolute atomic E-state index is 0.0622. The topological polar surface area (TPSA) is 75.3 Å². The number of hydrogen-bond donors (Lipinski definition) is 2. The summed E-state index contributed by atoms with van der Waals surface area (Å²) in [5.41, 5.74) is 1.49. The molecule has 0 radical (unpaired) electrons. The Morgan fingerprint density at radius 3 is 2.40 bits per heavy atom. The van der Waals surface area contributed by atoms with Crippen LogP contribution in [0.3, 0.4) is 0 Å². The number of benzene rings is 2. The van der Waals surface area contributed by atoms with Crippen LogP contribution in [0, 0.1) is 17.8 Å². The zero-order valence-electron chi connectivity index (χ0n) is 17.1. The molecule has 0 spiro atoms. The fourth-order valence-corrected chi connectivity index (χ4v) is 6.24. The van der Waals surface area contributed by atoms with Gasteiger partial charge in [0, 0.05) is 17.8 Å². The number of carbonyl (C=O) groups excluding carboxylic acids is 1. The average Bonchev–Trinajstić information content (AvgIpc) is 3.37. The van der Waals surface area contributed by atoms with Crippen molar-refractivity contribution in [2.24, 2.45) is 17.8 Å². The second-order valence-corrected chi connectivity index (χ2v) is 10.2. The van der Waals surface area contributed by atoms with Crippen LogP contribution in [0.4, 0.5) is 5.69 Å². The summed E-state index contributed by atoms with van der Waals surface area (Å²) in [5, 5.41) is 2.75. The Labute approximate surface area is 178 Å². The summed E-state index contributed by atoms with van der Waals surface area (Å²) in [5.74, 6) is 1.62. The molecule has 6 heteroatoms. The summed E-state index contributed by atoms with van der Waals surface area (Å²) in [4.78, 5) is 12.3. The summed E-state index contributed by atoms with van der Waals surface area (Å²) in [6.45, 7) is 1.98. The van der Waals surface area contributed by atoms with Crippen LogP contribution in [0.15, 0.2) is 65.6 Å². The molecule has 2 aromatic carbocycles. The molecule has 2 bridgehead atoms. The third-order valence-corrected chi connectivity index (χ3v) is 8.01. The van der Waals surface area contributed by atoms with Gasteiger partial charge in [-0.25, -0.2) is 13.1 Å². The van der Waals surface area contributed by atoms with Gasteiger partial charge in [-0.15, -0.1) is 0 Å². The largest absolute Gasteiger partial charge is 0.323 e. The summed E-state index contributed by atoms with van der Waals surface area (Å²) < 4.78 is 28.4. The van der Waals surface area contributed by atoms with Gasteiger partial charge in [0.2, 0.25) is 15.9 Å². The summed E-state index contributed by atoms with van der Waals surface area (Å²) in [6, 6.07) is 15.8. The van der Waals surface area contributed by atoms with Gasteiger partial charge < -0.3 is 5.32 Å². The Hall–Kier alpha value is -2.44. The average molecular weight is 425 g/mol. The van der Waals surface area contributed by atoms with Gasteiger partial charge in [-0.3, -0.25) is 4.79 Å². The Kier molecular flexibility index (Phi) is 6.06. The van der Waals surface area contributed by atoms with Crippen molar-refractivity contribution in [1.29, 1.82) is 0 Å². The van der Waals surface area contributed by atoms with Crippen LogP contribution in [0.1, 0.15) is 38.2 Å². The van der Waals surface area contributed by atoms with Crippen LogP contribution >= 0.6 is 0 Å². The molecule has 2 aromatic rings. The van der Waals surface area contributed by atoms with Gasteiger partial charge in [-0.1, -0.05) is 36.8 Å². The van der Waals surface area contributed by atoms with Crippen molar-refractivity contribution in [1.82, 2.24) is 4.72 Å². The Morgan fingerprint density at radius 2 is 1.77 bits per heavy atom. The highest BCUT2D eigenvalue weighted by Crippen LogP contribution is 2.49. The van der Waals surface area contributed by atoms with Gasteiger partial charge >= 0.3 is 0 Å². The lowest BCUT2D eigenvalue weighted by atomic mass is 9.84. The molecular formula is C24H28N2O3S. The van der Waals surface area contributed by atoms with Gasteiger partial charge in [0.25, 0.3) is 0 Å². The minimum atomic E-state index is -3.58. The SMILES string of the molecule is C[C@@H](NS(=O)(=O)c1ccc(NC(=O)/C=C/c2ccccc2)cc1)[C@H]1C[C@H]2CC[C@H]1C2. The number of hydrogen-bond acceptors (Lipinski definition) is 3. The third kappa shape index (κ3) is 4.82. The third-order valence-electron chi connectivity index (χ3n) is 6.43. The van der Waals surface area contributed by atoms with Gasteiger partial charge in [0.15, 0.2) is 0 Å². The van der Waals surface area contributed by atoms with Crippen LogP contribution in [0.2, 0.25) is 0 Å². The Morgan fingerprint density at radius 1 is 1.03 bits per heavy atom. The van der Waals surface area contributed by atoms with Gasteiger partial charge in [-0.05, 0) is 79.8 Å². The molecule has 2 fully saturated rings. The zero-order valence-corrected chi connectivity index (χ0v) is 17.9. The summed E-state index contributed by atoms with van der Waals surface area (Å²) in [6.07, 6.45) is 8.11. The smallest absolute Gasteiger partial charge is 0.248 e. The maximum absolute atomic E-state index is 12.8. The molecule has 0 aromatic heterocycles. The zero-order chi connectivity index (χ0) is 21.1. The highest BCUT2D eigenvalue weighted by molar-refractivity contribution is 7.89. The molecule has 0 saturated heterocycles. The molecule has 0 heterocycles. The fraction of sp³-hybridized carbons (Fsp3) is 0.375. The molecule has 30 heavy (non-hydrogen) atoms. The summed E-state index contributed by atoms with van der Waals surface area (Å²) in [7, 11) is -3.58. The van der Waals surface area contributed by atoms with Crippen molar-refractivity contribution in [3.63, 3.8) is 0 Å². The molecule has 158 valence electrons. The standard InChI is InChI=1S/C24H28N2O3S/c1-17(23-16-19-7-9-20(23)15-19)26-30(28,29)22-12-10-21(11-13-22)25-24(27)14-8-18-5-3-2-4-6-18/h2-6,8,10-14,17,19-20,23,26H,7,9,15-16H2,1H3,(H,25,27)/b14-8+/t17-,19+,20+,23-/m1/s1. The van der Waals surface area contributed by atoms with E-state index < -0.39 is 10.0 Å². The van der Waals surface area contributed by atoms with Crippen molar-refractivity contribution >= 4 is 27.7 Å². The molecule has 1 amide bonds. The molecule has 5 nitrogen and oxygen atoms in total. The van der Waals surface area contributed by atoms with Crippen LogP contribution in [-0.2, 0) is 14.8 Å². The highest BCUT2D eigenvalue weighted by atomic mass is 32.2. The predicted octanol–water partition coefficient (Wildman–Crippen LogP) is 4.44. The van der Waals surface area contributed by atoms with Crippen LogP contribution in [0.25, 0.3) is 6.08 Å². The second kappa shape index (κ2) is 8.74. The predicted molar refractivity (Wildman–Crippen MR) is 119 cm³/mol. The maximum Gasteiger partial charge on any atom is 0.248 e. The van der Waals surface area contributed by atoms with Gasteiger partial charge in [0.05, 0.1) is 4.90 Å². The van der Waals surface area contributed by atoms with E-state index in [1.165, 1.54) is 37.5 Å². The normalized spacial score (nSPS) is 24.2. The van der Waals surface area contributed by atoms with E-state index in [1.54, 1.807) is 18.2 Å². The highest BCUT2D eigenvalue weighted by Gasteiger charge is 2.42. The summed E-state index contributed by atoms with van der Waals surface area (Å²) >= 11 is 0. The first-order chi connectivity index (χ1) is 14.4.